The molecular weight excluding hydrogens is 300 g/mol. The maximum absolute atomic E-state index is 13.7. The number of rotatable bonds is 4. The maximum atomic E-state index is 13.7. The van der Waals surface area contributed by atoms with Crippen molar-refractivity contribution in [3.05, 3.63) is 53.9 Å². The average Bonchev–Trinajstić information content (AvgIpc) is 3.03. The highest BCUT2D eigenvalue weighted by atomic mass is 19.1. The molecule has 1 aliphatic rings. The van der Waals surface area contributed by atoms with Crippen LogP contribution in [0, 0.1) is 11.6 Å². The SMILES string of the molecule is O=C(NC1CCCC1)c1cncc(Nc2ccc(F)cc2F)c1. The van der Waals surface area contributed by atoms with Crippen molar-refractivity contribution in [2.24, 2.45) is 0 Å². The molecule has 1 heterocycles. The Morgan fingerprint density at radius 1 is 1.13 bits per heavy atom. The van der Waals surface area contributed by atoms with Crippen LogP contribution in [-0.4, -0.2) is 16.9 Å². The summed E-state index contributed by atoms with van der Waals surface area (Å²) in [5.74, 6) is -1.53. The Kier molecular flexibility index (Phi) is 4.50. The average molecular weight is 317 g/mol. The van der Waals surface area contributed by atoms with Crippen LogP contribution in [0.4, 0.5) is 20.2 Å². The molecule has 120 valence electrons. The van der Waals surface area contributed by atoms with E-state index in [4.69, 9.17) is 0 Å². The number of anilines is 2. The maximum Gasteiger partial charge on any atom is 0.253 e. The zero-order valence-corrected chi connectivity index (χ0v) is 12.5. The van der Waals surface area contributed by atoms with Crippen molar-refractivity contribution >= 4 is 17.3 Å². The number of benzene rings is 1. The minimum absolute atomic E-state index is 0.126. The molecule has 1 saturated carbocycles. The van der Waals surface area contributed by atoms with Gasteiger partial charge in [-0.2, -0.15) is 0 Å². The van der Waals surface area contributed by atoms with Crippen molar-refractivity contribution in [3.63, 3.8) is 0 Å². The van der Waals surface area contributed by atoms with Gasteiger partial charge in [-0.15, -0.1) is 0 Å². The summed E-state index contributed by atoms with van der Waals surface area (Å²) in [5, 5.41) is 5.78. The normalized spacial score (nSPS) is 14.7. The van der Waals surface area contributed by atoms with Gasteiger partial charge in [0.05, 0.1) is 23.1 Å². The van der Waals surface area contributed by atoms with Crippen molar-refractivity contribution in [1.29, 1.82) is 0 Å². The van der Waals surface area contributed by atoms with E-state index < -0.39 is 11.6 Å². The van der Waals surface area contributed by atoms with Crippen LogP contribution >= 0.6 is 0 Å². The van der Waals surface area contributed by atoms with Gasteiger partial charge < -0.3 is 10.6 Å². The molecule has 0 atom stereocenters. The van der Waals surface area contributed by atoms with Crippen molar-refractivity contribution in [3.8, 4) is 0 Å². The molecule has 0 bridgehead atoms. The molecule has 0 radical (unpaired) electrons. The molecule has 1 amide bonds. The van der Waals surface area contributed by atoms with Crippen LogP contribution in [0.15, 0.2) is 36.7 Å². The molecule has 0 spiro atoms. The topological polar surface area (TPSA) is 54.0 Å². The number of nitrogens with zero attached hydrogens (tertiary/aromatic N) is 1. The Labute approximate surface area is 132 Å². The summed E-state index contributed by atoms with van der Waals surface area (Å²) in [6.07, 6.45) is 7.21. The van der Waals surface area contributed by atoms with Crippen molar-refractivity contribution in [1.82, 2.24) is 10.3 Å². The summed E-state index contributed by atoms with van der Waals surface area (Å²) in [6, 6.07) is 5.08. The fourth-order valence-electron chi connectivity index (χ4n) is 2.72. The molecule has 0 aliphatic heterocycles. The van der Waals surface area contributed by atoms with Crippen LogP contribution in [0.5, 0.6) is 0 Å². The van der Waals surface area contributed by atoms with E-state index in [1.807, 2.05) is 0 Å². The standard InChI is InChI=1S/C17H17F2N3O/c18-12-5-6-16(15(19)8-12)21-14-7-11(9-20-10-14)17(23)22-13-3-1-2-4-13/h5-10,13,21H,1-4H2,(H,22,23). The molecule has 1 aromatic carbocycles. The Morgan fingerprint density at radius 2 is 1.91 bits per heavy atom. The minimum Gasteiger partial charge on any atom is -0.352 e. The lowest BCUT2D eigenvalue weighted by Gasteiger charge is -2.13. The lowest BCUT2D eigenvalue weighted by molar-refractivity contribution is 0.0937. The predicted octanol–water partition coefficient (Wildman–Crippen LogP) is 3.78. The number of amides is 1. The molecule has 1 fully saturated rings. The van der Waals surface area contributed by atoms with E-state index in [-0.39, 0.29) is 17.6 Å². The predicted molar refractivity (Wildman–Crippen MR) is 83.6 cm³/mol. The van der Waals surface area contributed by atoms with Gasteiger partial charge in [-0.1, -0.05) is 12.8 Å². The Hall–Kier alpha value is -2.50. The highest BCUT2D eigenvalue weighted by Crippen LogP contribution is 2.21. The van der Waals surface area contributed by atoms with Gasteiger partial charge in [0, 0.05) is 18.3 Å². The largest absolute Gasteiger partial charge is 0.352 e. The number of pyridine rings is 1. The summed E-state index contributed by atoms with van der Waals surface area (Å²) in [7, 11) is 0. The Bertz CT molecular complexity index is 715. The number of carbonyl (C=O) groups is 1. The van der Waals surface area contributed by atoms with Gasteiger partial charge >= 0.3 is 0 Å². The van der Waals surface area contributed by atoms with E-state index in [1.54, 1.807) is 6.07 Å². The number of hydrogen-bond acceptors (Lipinski definition) is 3. The first-order chi connectivity index (χ1) is 11.1. The minimum atomic E-state index is -0.703. The second kappa shape index (κ2) is 6.73. The fraction of sp³-hybridized carbons (Fsp3) is 0.294. The van der Waals surface area contributed by atoms with Crippen molar-refractivity contribution < 1.29 is 13.6 Å². The molecule has 1 aliphatic carbocycles. The Morgan fingerprint density at radius 3 is 2.65 bits per heavy atom. The van der Waals surface area contributed by atoms with Crippen LogP contribution in [0.25, 0.3) is 0 Å². The molecule has 0 unspecified atom stereocenters. The van der Waals surface area contributed by atoms with Gasteiger partial charge in [0.15, 0.2) is 0 Å². The van der Waals surface area contributed by atoms with Gasteiger partial charge in [0.1, 0.15) is 11.6 Å². The molecular formula is C17H17F2N3O. The lowest BCUT2D eigenvalue weighted by atomic mass is 10.2. The number of hydrogen-bond donors (Lipinski definition) is 2. The zero-order chi connectivity index (χ0) is 16.2. The van der Waals surface area contributed by atoms with E-state index in [1.165, 1.54) is 18.5 Å². The second-order valence-electron chi connectivity index (χ2n) is 5.67. The summed E-state index contributed by atoms with van der Waals surface area (Å²) >= 11 is 0. The molecule has 1 aromatic heterocycles. The molecule has 4 nitrogen and oxygen atoms in total. The number of carbonyl (C=O) groups excluding carboxylic acids is 1. The number of aromatic nitrogens is 1. The van der Waals surface area contributed by atoms with Crippen molar-refractivity contribution in [2.45, 2.75) is 31.7 Å². The van der Waals surface area contributed by atoms with Crippen LogP contribution in [-0.2, 0) is 0 Å². The highest BCUT2D eigenvalue weighted by molar-refractivity contribution is 5.95. The van der Waals surface area contributed by atoms with Gasteiger partial charge in [0.25, 0.3) is 5.91 Å². The van der Waals surface area contributed by atoms with Gasteiger partial charge in [0.2, 0.25) is 0 Å². The van der Waals surface area contributed by atoms with Crippen LogP contribution < -0.4 is 10.6 Å². The van der Waals surface area contributed by atoms with E-state index >= 15 is 0 Å². The summed E-state index contributed by atoms with van der Waals surface area (Å²) < 4.78 is 26.6. The quantitative estimate of drug-likeness (QED) is 0.902. The first-order valence-corrected chi connectivity index (χ1v) is 7.60. The number of nitrogens with one attached hydrogen (secondary N) is 2. The van der Waals surface area contributed by atoms with E-state index in [9.17, 15) is 13.6 Å². The molecule has 0 saturated heterocycles. The van der Waals surface area contributed by atoms with Gasteiger partial charge in [-0.3, -0.25) is 9.78 Å². The first-order valence-electron chi connectivity index (χ1n) is 7.60. The van der Waals surface area contributed by atoms with Gasteiger partial charge in [-0.25, -0.2) is 8.78 Å². The number of halogens is 2. The van der Waals surface area contributed by atoms with Gasteiger partial charge in [-0.05, 0) is 31.0 Å². The third-order valence-electron chi connectivity index (χ3n) is 3.90. The first kappa shape index (κ1) is 15.4. The zero-order valence-electron chi connectivity index (χ0n) is 12.5. The lowest BCUT2D eigenvalue weighted by Crippen LogP contribution is -2.32. The molecule has 2 N–H and O–H groups in total. The summed E-state index contributed by atoms with van der Waals surface area (Å²) in [4.78, 5) is 16.2. The van der Waals surface area contributed by atoms with Crippen LogP contribution in [0.1, 0.15) is 36.0 Å². The van der Waals surface area contributed by atoms with E-state index in [2.05, 4.69) is 15.6 Å². The molecule has 3 rings (SSSR count). The monoisotopic (exact) mass is 317 g/mol. The van der Waals surface area contributed by atoms with E-state index in [0.29, 0.717) is 11.3 Å². The fourth-order valence-corrected chi connectivity index (χ4v) is 2.72. The molecule has 2 aromatic rings. The summed E-state index contributed by atoms with van der Waals surface area (Å²) in [5.41, 5.74) is 1.00. The smallest absolute Gasteiger partial charge is 0.253 e. The van der Waals surface area contributed by atoms with Crippen LogP contribution in [0.2, 0.25) is 0 Å². The third-order valence-corrected chi connectivity index (χ3v) is 3.90. The Balaban J connectivity index is 1.72. The molecule has 6 heteroatoms. The van der Waals surface area contributed by atoms with E-state index in [0.717, 1.165) is 37.8 Å². The van der Waals surface area contributed by atoms with Crippen molar-refractivity contribution in [2.75, 3.05) is 5.32 Å². The highest BCUT2D eigenvalue weighted by Gasteiger charge is 2.18. The third kappa shape index (κ3) is 3.83. The summed E-state index contributed by atoms with van der Waals surface area (Å²) in [6.45, 7) is 0. The van der Waals surface area contributed by atoms with Crippen LogP contribution in [0.3, 0.4) is 0 Å². The molecule has 23 heavy (non-hydrogen) atoms. The second-order valence-corrected chi connectivity index (χ2v) is 5.67.